The molecule has 214 valence electrons. The van der Waals surface area contributed by atoms with Crippen molar-refractivity contribution in [3.8, 4) is 0 Å². The number of thiophene rings is 1. The number of aryl methyl sites for hydroxylation is 1. The van der Waals surface area contributed by atoms with E-state index in [0.29, 0.717) is 34.9 Å². The maximum absolute atomic E-state index is 12.7. The number of anilines is 3. The number of fused-ring (bicyclic) bond motifs is 1. The van der Waals surface area contributed by atoms with Gasteiger partial charge in [0.2, 0.25) is 17.7 Å². The number of hydrogen-bond donors (Lipinski definition) is 5. The first-order valence-corrected chi connectivity index (χ1v) is 13.5. The molecule has 0 unspecified atom stereocenters. The molecule has 0 saturated carbocycles. The molecular formula is C27H34N6O6S. The third-order valence-electron chi connectivity index (χ3n) is 6.06. The highest BCUT2D eigenvalue weighted by atomic mass is 32.1. The third kappa shape index (κ3) is 8.30. The van der Waals surface area contributed by atoms with Crippen molar-refractivity contribution in [2.45, 2.75) is 51.6 Å². The number of carbonyl (C=O) groups excluding carboxylic acids is 5. The first-order chi connectivity index (χ1) is 19.0. The van der Waals surface area contributed by atoms with E-state index in [4.69, 9.17) is 5.73 Å². The summed E-state index contributed by atoms with van der Waals surface area (Å²) in [6.45, 7) is 3.08. The predicted molar refractivity (Wildman–Crippen MR) is 154 cm³/mol. The number of unbranched alkanes of at least 4 members (excludes halogenated alkanes) is 1. The second-order valence-corrected chi connectivity index (χ2v) is 10.5. The van der Waals surface area contributed by atoms with E-state index < -0.39 is 23.9 Å². The predicted octanol–water partition coefficient (Wildman–Crippen LogP) is 2.76. The Labute approximate surface area is 235 Å². The molecule has 2 heterocycles. The van der Waals surface area contributed by atoms with Gasteiger partial charge in [-0.3, -0.25) is 24.0 Å². The van der Waals surface area contributed by atoms with Crippen LogP contribution in [0.2, 0.25) is 0 Å². The van der Waals surface area contributed by atoms with Crippen molar-refractivity contribution in [3.05, 3.63) is 42.2 Å². The molecule has 0 saturated heterocycles. The van der Waals surface area contributed by atoms with Crippen LogP contribution < -0.4 is 27.0 Å². The van der Waals surface area contributed by atoms with Gasteiger partial charge < -0.3 is 36.3 Å². The van der Waals surface area contributed by atoms with Gasteiger partial charge in [0.25, 0.3) is 5.91 Å². The molecule has 12 nitrogen and oxygen atoms in total. The van der Waals surface area contributed by atoms with Crippen LogP contribution >= 0.6 is 11.3 Å². The van der Waals surface area contributed by atoms with Crippen molar-refractivity contribution >= 4 is 67.4 Å². The Kier molecular flexibility index (Phi) is 10.3. The number of methoxy groups -OCH3 is 1. The number of esters is 1. The number of nitrogen functional groups attached to an aromatic ring is 1. The van der Waals surface area contributed by atoms with Crippen LogP contribution in [0.5, 0.6) is 0 Å². The summed E-state index contributed by atoms with van der Waals surface area (Å²) in [5, 5.41) is 12.2. The van der Waals surface area contributed by atoms with Crippen molar-refractivity contribution in [3.63, 3.8) is 0 Å². The Morgan fingerprint density at radius 2 is 1.65 bits per heavy atom. The van der Waals surface area contributed by atoms with Gasteiger partial charge in [-0.2, -0.15) is 0 Å². The number of benzene rings is 1. The highest BCUT2D eigenvalue weighted by Crippen LogP contribution is 2.32. The summed E-state index contributed by atoms with van der Waals surface area (Å²) in [5.41, 5.74) is 7.27. The van der Waals surface area contributed by atoms with Gasteiger partial charge in [0.05, 0.1) is 17.8 Å². The molecular weight excluding hydrogens is 536 g/mol. The molecule has 13 heteroatoms. The highest BCUT2D eigenvalue weighted by molar-refractivity contribution is 7.23. The van der Waals surface area contributed by atoms with Crippen LogP contribution in [0.25, 0.3) is 10.1 Å². The van der Waals surface area contributed by atoms with Gasteiger partial charge in [0.1, 0.15) is 17.8 Å². The summed E-state index contributed by atoms with van der Waals surface area (Å²) in [6, 6.07) is 7.10. The Bertz CT molecular complexity index is 1410. The lowest BCUT2D eigenvalue weighted by Crippen LogP contribution is -2.50. The zero-order valence-electron chi connectivity index (χ0n) is 22.8. The van der Waals surface area contributed by atoms with Crippen molar-refractivity contribution < 1.29 is 28.7 Å². The minimum atomic E-state index is -0.857. The SMILES string of the molecule is COC(=O)CCCCC(=O)N[C@@H](C)C(=O)N[C@@H](C)C(=O)Nc1cc2cc(NC(=O)c3cc(N)cn3C)ccc2s1. The van der Waals surface area contributed by atoms with E-state index in [0.717, 1.165) is 10.1 Å². The monoisotopic (exact) mass is 570 g/mol. The molecule has 40 heavy (non-hydrogen) atoms. The number of rotatable bonds is 12. The summed E-state index contributed by atoms with van der Waals surface area (Å²) in [6.07, 6.45) is 3.05. The normalized spacial score (nSPS) is 12.3. The molecule has 0 radical (unpaired) electrons. The average molecular weight is 571 g/mol. The maximum atomic E-state index is 12.7. The lowest BCUT2D eigenvalue weighted by atomic mass is 10.1. The molecule has 0 aliphatic carbocycles. The largest absolute Gasteiger partial charge is 0.469 e. The topological polar surface area (TPSA) is 174 Å². The molecule has 0 spiro atoms. The Morgan fingerprint density at radius 3 is 2.33 bits per heavy atom. The Morgan fingerprint density at radius 1 is 0.950 bits per heavy atom. The molecule has 3 aromatic rings. The molecule has 3 rings (SSSR count). The number of nitrogens with two attached hydrogens (primary N) is 1. The summed E-state index contributed by atoms with van der Waals surface area (Å²) in [5.74, 6) is -1.87. The summed E-state index contributed by atoms with van der Waals surface area (Å²) < 4.78 is 7.10. The minimum Gasteiger partial charge on any atom is -0.469 e. The molecule has 0 bridgehead atoms. The maximum Gasteiger partial charge on any atom is 0.305 e. The van der Waals surface area contributed by atoms with Crippen molar-refractivity contribution in [2.24, 2.45) is 7.05 Å². The highest BCUT2D eigenvalue weighted by Gasteiger charge is 2.21. The fourth-order valence-electron chi connectivity index (χ4n) is 3.86. The van der Waals surface area contributed by atoms with Crippen molar-refractivity contribution in [1.82, 2.24) is 15.2 Å². The molecule has 2 atom stereocenters. The Hall–Kier alpha value is -4.39. The lowest BCUT2D eigenvalue weighted by Gasteiger charge is -2.18. The van der Waals surface area contributed by atoms with E-state index in [1.54, 1.807) is 49.0 Å². The van der Waals surface area contributed by atoms with Gasteiger partial charge >= 0.3 is 5.97 Å². The summed E-state index contributed by atoms with van der Waals surface area (Å²) in [4.78, 5) is 61.0. The molecule has 4 amide bonds. The van der Waals surface area contributed by atoms with E-state index in [2.05, 4.69) is 26.0 Å². The third-order valence-corrected chi connectivity index (χ3v) is 7.10. The van der Waals surface area contributed by atoms with Crippen LogP contribution in [-0.4, -0.2) is 53.4 Å². The second kappa shape index (κ2) is 13.6. The van der Waals surface area contributed by atoms with Gasteiger partial charge in [-0.1, -0.05) is 0 Å². The zero-order valence-corrected chi connectivity index (χ0v) is 23.6. The van der Waals surface area contributed by atoms with Gasteiger partial charge in [-0.05, 0) is 62.4 Å². The summed E-state index contributed by atoms with van der Waals surface area (Å²) in [7, 11) is 3.04. The van der Waals surface area contributed by atoms with E-state index in [1.165, 1.54) is 25.4 Å². The van der Waals surface area contributed by atoms with Crippen molar-refractivity contribution in [1.29, 1.82) is 0 Å². The lowest BCUT2D eigenvalue weighted by molar-refractivity contribution is -0.140. The number of carbonyl (C=O) groups is 5. The van der Waals surface area contributed by atoms with Crippen molar-refractivity contribution in [2.75, 3.05) is 23.5 Å². The van der Waals surface area contributed by atoms with Crippen LogP contribution in [0.15, 0.2) is 36.5 Å². The second-order valence-electron chi connectivity index (χ2n) is 9.38. The van der Waals surface area contributed by atoms with Gasteiger partial charge in [-0.15, -0.1) is 11.3 Å². The molecule has 0 fully saturated rings. The Balaban J connectivity index is 1.49. The first-order valence-electron chi connectivity index (χ1n) is 12.7. The number of nitrogens with zero attached hydrogens (tertiary/aromatic N) is 1. The molecule has 6 N–H and O–H groups in total. The van der Waals surface area contributed by atoms with Crippen LogP contribution in [0.4, 0.5) is 16.4 Å². The van der Waals surface area contributed by atoms with E-state index >= 15 is 0 Å². The van der Waals surface area contributed by atoms with Gasteiger partial charge in [0.15, 0.2) is 0 Å². The fourth-order valence-corrected chi connectivity index (χ4v) is 4.81. The molecule has 0 aliphatic heterocycles. The molecule has 1 aromatic carbocycles. The number of amides is 4. The molecule has 0 aliphatic rings. The quantitative estimate of drug-likeness (QED) is 0.164. The standard InChI is InChI=1S/C27H34N6O6S/c1-15(29-22(34)7-5-6-8-24(35)39-4)25(36)30-16(2)26(37)32-23-12-17-11-19(9-10-21(17)40-23)31-27(38)20-13-18(28)14-33(20)3/h9-16H,5-8,28H2,1-4H3,(H,29,34)(H,30,36)(H,31,38)(H,32,37)/t15-,16-/m0/s1. The molecule has 2 aromatic heterocycles. The smallest absolute Gasteiger partial charge is 0.305 e. The van der Waals surface area contributed by atoms with Crippen LogP contribution in [0, 0.1) is 0 Å². The number of ether oxygens (including phenoxy) is 1. The van der Waals surface area contributed by atoms with Crippen LogP contribution in [0.3, 0.4) is 0 Å². The van der Waals surface area contributed by atoms with E-state index in [9.17, 15) is 24.0 Å². The van der Waals surface area contributed by atoms with Crippen LogP contribution in [-0.2, 0) is 31.0 Å². The van der Waals surface area contributed by atoms with Gasteiger partial charge in [0, 0.05) is 36.5 Å². The van der Waals surface area contributed by atoms with Crippen LogP contribution in [0.1, 0.15) is 50.0 Å². The van der Waals surface area contributed by atoms with E-state index in [-0.39, 0.29) is 30.6 Å². The fraction of sp³-hybridized carbons (Fsp3) is 0.370. The summed E-state index contributed by atoms with van der Waals surface area (Å²) >= 11 is 1.35. The van der Waals surface area contributed by atoms with E-state index in [1.807, 2.05) is 6.07 Å². The number of hydrogen-bond acceptors (Lipinski definition) is 8. The average Bonchev–Trinajstić information content (AvgIpc) is 3.46. The zero-order chi connectivity index (χ0) is 29.4. The first kappa shape index (κ1) is 30.2. The number of aromatic nitrogens is 1. The number of nitrogens with one attached hydrogen (secondary N) is 4. The minimum absolute atomic E-state index is 0.169. The van der Waals surface area contributed by atoms with Gasteiger partial charge in [-0.25, -0.2) is 0 Å².